The Morgan fingerprint density at radius 1 is 1.00 bits per heavy atom. The molecule has 0 unspecified atom stereocenters. The Labute approximate surface area is 133 Å². The van der Waals surface area contributed by atoms with E-state index in [1.807, 2.05) is 29.5 Å². The van der Waals surface area contributed by atoms with E-state index in [-0.39, 0.29) is 12.4 Å². The maximum absolute atomic E-state index is 4.47. The first kappa shape index (κ1) is 14.3. The summed E-state index contributed by atoms with van der Waals surface area (Å²) in [6.45, 7) is 0. The summed E-state index contributed by atoms with van der Waals surface area (Å²) in [6.07, 6.45) is 6.59. The van der Waals surface area contributed by atoms with Crippen molar-refractivity contribution in [3.05, 3.63) is 47.1 Å². The second-order valence-corrected chi connectivity index (χ2v) is 6.19. The molecule has 1 aliphatic carbocycles. The summed E-state index contributed by atoms with van der Waals surface area (Å²) in [4.78, 5) is 11.5. The zero-order valence-corrected chi connectivity index (χ0v) is 13.1. The summed E-state index contributed by atoms with van der Waals surface area (Å²) in [5.74, 6) is 0.945. The van der Waals surface area contributed by atoms with Crippen LogP contribution >= 0.6 is 23.7 Å². The highest BCUT2D eigenvalue weighted by atomic mass is 35.5. The van der Waals surface area contributed by atoms with Crippen molar-refractivity contribution in [1.82, 2.24) is 9.97 Å². The van der Waals surface area contributed by atoms with E-state index in [0.29, 0.717) is 0 Å². The van der Waals surface area contributed by atoms with Crippen LogP contribution in [0, 0.1) is 0 Å². The van der Waals surface area contributed by atoms with Gasteiger partial charge in [-0.1, -0.05) is 18.2 Å². The minimum atomic E-state index is 0. The topological polar surface area (TPSA) is 37.8 Å². The van der Waals surface area contributed by atoms with Gasteiger partial charge in [0.25, 0.3) is 0 Å². The number of hydrogen-bond donors (Lipinski definition) is 1. The average Bonchev–Trinajstić information content (AvgIpc) is 2.88. The molecule has 0 bridgehead atoms. The van der Waals surface area contributed by atoms with E-state index in [0.717, 1.165) is 22.8 Å². The van der Waals surface area contributed by atoms with E-state index in [2.05, 4.69) is 27.4 Å². The molecule has 0 atom stereocenters. The van der Waals surface area contributed by atoms with Crippen molar-refractivity contribution in [3.63, 3.8) is 0 Å². The van der Waals surface area contributed by atoms with Gasteiger partial charge in [-0.2, -0.15) is 0 Å². The summed E-state index contributed by atoms with van der Waals surface area (Å²) in [7, 11) is 0. The highest BCUT2D eigenvalue weighted by molar-refractivity contribution is 7.19. The highest BCUT2D eigenvalue weighted by Crippen LogP contribution is 2.38. The van der Waals surface area contributed by atoms with Crippen LogP contribution < -0.4 is 5.32 Å². The number of nitrogens with one attached hydrogen (secondary N) is 1. The summed E-state index contributed by atoms with van der Waals surface area (Å²) in [6, 6.07) is 10.2. The molecule has 21 heavy (non-hydrogen) atoms. The molecule has 0 spiro atoms. The Hall–Kier alpha value is -1.65. The average molecular weight is 318 g/mol. The molecule has 2 aromatic heterocycles. The lowest BCUT2D eigenvalue weighted by Gasteiger charge is -2.12. The Balaban J connectivity index is 0.00000132. The number of rotatable bonds is 2. The molecule has 5 heteroatoms. The van der Waals surface area contributed by atoms with Gasteiger partial charge in [0.05, 0.1) is 5.39 Å². The van der Waals surface area contributed by atoms with Gasteiger partial charge in [0.1, 0.15) is 17.0 Å². The number of nitrogens with zero attached hydrogens (tertiary/aromatic N) is 2. The summed E-state index contributed by atoms with van der Waals surface area (Å²) >= 11 is 1.83. The van der Waals surface area contributed by atoms with E-state index in [1.54, 1.807) is 6.33 Å². The summed E-state index contributed by atoms with van der Waals surface area (Å²) in [5, 5.41) is 4.67. The third-order valence-electron chi connectivity index (χ3n) is 3.79. The zero-order chi connectivity index (χ0) is 13.4. The van der Waals surface area contributed by atoms with Crippen molar-refractivity contribution < 1.29 is 0 Å². The van der Waals surface area contributed by atoms with Crippen LogP contribution in [0.2, 0.25) is 0 Å². The number of thiophene rings is 1. The largest absolute Gasteiger partial charge is 0.340 e. The maximum atomic E-state index is 4.47. The van der Waals surface area contributed by atoms with E-state index < -0.39 is 0 Å². The van der Waals surface area contributed by atoms with E-state index in [1.165, 1.54) is 35.1 Å². The molecular weight excluding hydrogens is 302 g/mol. The monoisotopic (exact) mass is 317 g/mol. The molecule has 108 valence electrons. The number of hydrogen-bond acceptors (Lipinski definition) is 4. The Morgan fingerprint density at radius 2 is 1.81 bits per heavy atom. The first-order chi connectivity index (χ1) is 9.92. The van der Waals surface area contributed by atoms with Crippen LogP contribution in [0.4, 0.5) is 11.5 Å². The number of anilines is 2. The Morgan fingerprint density at radius 3 is 2.67 bits per heavy atom. The molecule has 0 fully saturated rings. The lowest BCUT2D eigenvalue weighted by molar-refractivity contribution is 0.700. The fourth-order valence-electron chi connectivity index (χ4n) is 2.84. The molecule has 4 rings (SSSR count). The van der Waals surface area contributed by atoms with Crippen molar-refractivity contribution in [2.24, 2.45) is 0 Å². The number of para-hydroxylation sites is 1. The van der Waals surface area contributed by atoms with Crippen LogP contribution in [0.15, 0.2) is 36.7 Å². The predicted octanol–water partition coefficient (Wildman–Crippen LogP) is 4.74. The van der Waals surface area contributed by atoms with Crippen molar-refractivity contribution in [1.29, 1.82) is 0 Å². The normalized spacial score (nSPS) is 13.5. The second-order valence-electron chi connectivity index (χ2n) is 5.10. The van der Waals surface area contributed by atoms with Gasteiger partial charge in [-0.25, -0.2) is 9.97 Å². The van der Waals surface area contributed by atoms with Crippen molar-refractivity contribution in [2.75, 3.05) is 5.32 Å². The fraction of sp³-hybridized carbons (Fsp3) is 0.250. The van der Waals surface area contributed by atoms with Crippen LogP contribution in [0.1, 0.15) is 23.3 Å². The predicted molar refractivity (Wildman–Crippen MR) is 91.0 cm³/mol. The van der Waals surface area contributed by atoms with Crippen molar-refractivity contribution in [3.8, 4) is 0 Å². The van der Waals surface area contributed by atoms with Gasteiger partial charge >= 0.3 is 0 Å². The highest BCUT2D eigenvalue weighted by Gasteiger charge is 2.19. The van der Waals surface area contributed by atoms with E-state index in [4.69, 9.17) is 0 Å². The SMILES string of the molecule is Cl.c1ccc(Nc2ncnc3sc4c(c23)CCCC4)cc1. The third-order valence-corrected chi connectivity index (χ3v) is 4.99. The lowest BCUT2D eigenvalue weighted by atomic mass is 9.97. The number of aromatic nitrogens is 2. The Kier molecular flexibility index (Phi) is 4.08. The van der Waals surface area contributed by atoms with Gasteiger partial charge in [-0.15, -0.1) is 23.7 Å². The van der Waals surface area contributed by atoms with Crippen LogP contribution in [-0.2, 0) is 12.8 Å². The zero-order valence-electron chi connectivity index (χ0n) is 11.5. The summed E-state index contributed by atoms with van der Waals surface area (Å²) in [5.41, 5.74) is 2.54. The minimum absolute atomic E-state index is 0. The smallest absolute Gasteiger partial charge is 0.142 e. The molecule has 0 radical (unpaired) electrons. The molecule has 1 aromatic carbocycles. The molecule has 2 heterocycles. The quantitative estimate of drug-likeness (QED) is 0.742. The first-order valence-corrected chi connectivity index (χ1v) is 7.81. The molecule has 1 N–H and O–H groups in total. The molecule has 1 aliphatic rings. The van der Waals surface area contributed by atoms with Gasteiger partial charge in [0, 0.05) is 10.6 Å². The van der Waals surface area contributed by atoms with Crippen LogP contribution in [0.5, 0.6) is 0 Å². The molecular formula is C16H16ClN3S. The number of aryl methyl sites for hydroxylation is 2. The molecule has 3 nitrogen and oxygen atoms in total. The molecule has 0 saturated heterocycles. The van der Waals surface area contributed by atoms with Crippen molar-refractivity contribution in [2.45, 2.75) is 25.7 Å². The van der Waals surface area contributed by atoms with Gasteiger partial charge in [0.2, 0.25) is 0 Å². The van der Waals surface area contributed by atoms with Crippen molar-refractivity contribution >= 4 is 45.5 Å². The number of fused-ring (bicyclic) bond motifs is 3. The standard InChI is InChI=1S/C16H15N3S.ClH/c1-2-6-11(7-3-1)19-15-14-12-8-4-5-9-13(12)20-16(14)18-10-17-15;/h1-3,6-7,10H,4-5,8-9H2,(H,17,18,19);1H. The Bertz CT molecular complexity index is 755. The minimum Gasteiger partial charge on any atom is -0.340 e. The molecule has 0 aliphatic heterocycles. The van der Waals surface area contributed by atoms with Crippen LogP contribution in [-0.4, -0.2) is 9.97 Å². The molecule has 3 aromatic rings. The third kappa shape index (κ3) is 2.61. The second kappa shape index (κ2) is 6.00. The van der Waals surface area contributed by atoms with E-state index in [9.17, 15) is 0 Å². The van der Waals surface area contributed by atoms with Gasteiger partial charge in [0.15, 0.2) is 0 Å². The summed E-state index contributed by atoms with van der Waals surface area (Å²) < 4.78 is 0. The lowest BCUT2D eigenvalue weighted by Crippen LogP contribution is -2.00. The van der Waals surface area contributed by atoms with Crippen LogP contribution in [0.3, 0.4) is 0 Å². The molecule has 0 saturated carbocycles. The number of halogens is 1. The molecule has 0 amide bonds. The van der Waals surface area contributed by atoms with Gasteiger partial charge < -0.3 is 5.32 Å². The van der Waals surface area contributed by atoms with Crippen LogP contribution in [0.25, 0.3) is 10.2 Å². The fourth-order valence-corrected chi connectivity index (χ4v) is 4.07. The number of benzene rings is 1. The van der Waals surface area contributed by atoms with Gasteiger partial charge in [-0.3, -0.25) is 0 Å². The van der Waals surface area contributed by atoms with E-state index >= 15 is 0 Å². The maximum Gasteiger partial charge on any atom is 0.142 e. The first-order valence-electron chi connectivity index (χ1n) is 6.99. The van der Waals surface area contributed by atoms with Gasteiger partial charge in [-0.05, 0) is 43.4 Å².